The number of rotatable bonds is 5. The Morgan fingerprint density at radius 1 is 1.32 bits per heavy atom. The average Bonchev–Trinajstić information content (AvgIpc) is 2.62. The third-order valence-electron chi connectivity index (χ3n) is 4.55. The van der Waals surface area contributed by atoms with Gasteiger partial charge in [-0.05, 0) is 40.0 Å². The standard InChI is InChI=1S/C20H27N3O2/c1-4-25-20(24)18-11-7-8-12-23(18)19-16-10-6-5-9-15(16)17(13-21-19)22-14(2)3/h5-6,9-10,13-14,18,22H,4,7-8,11-12H2,1-3H3. The predicted octanol–water partition coefficient (Wildman–Crippen LogP) is 3.98. The van der Waals surface area contributed by atoms with Gasteiger partial charge >= 0.3 is 5.97 Å². The van der Waals surface area contributed by atoms with Crippen molar-refractivity contribution in [1.82, 2.24) is 4.98 Å². The number of pyridine rings is 1. The first kappa shape index (κ1) is 17.5. The van der Waals surface area contributed by atoms with Crippen LogP contribution in [0.3, 0.4) is 0 Å². The van der Waals surface area contributed by atoms with E-state index in [-0.39, 0.29) is 12.0 Å². The number of piperidine rings is 1. The Balaban J connectivity index is 2.03. The van der Waals surface area contributed by atoms with Crippen LogP contribution in [-0.4, -0.2) is 36.2 Å². The lowest BCUT2D eigenvalue weighted by molar-refractivity contribution is -0.145. The van der Waals surface area contributed by atoms with Crippen molar-refractivity contribution in [1.29, 1.82) is 0 Å². The molecule has 5 heteroatoms. The Hall–Kier alpha value is -2.30. The summed E-state index contributed by atoms with van der Waals surface area (Å²) in [5.41, 5.74) is 1.03. The summed E-state index contributed by atoms with van der Waals surface area (Å²) < 4.78 is 5.30. The third kappa shape index (κ3) is 3.70. The molecule has 1 fully saturated rings. The molecule has 0 amide bonds. The summed E-state index contributed by atoms with van der Waals surface area (Å²) in [6.07, 6.45) is 4.82. The van der Waals surface area contributed by atoms with Crippen molar-refractivity contribution in [3.05, 3.63) is 30.5 Å². The van der Waals surface area contributed by atoms with E-state index in [1.165, 1.54) is 0 Å². The van der Waals surface area contributed by atoms with Crippen molar-refractivity contribution >= 4 is 28.2 Å². The van der Waals surface area contributed by atoms with Gasteiger partial charge in [-0.2, -0.15) is 0 Å². The highest BCUT2D eigenvalue weighted by Crippen LogP contribution is 2.33. The van der Waals surface area contributed by atoms with Crippen molar-refractivity contribution in [2.45, 2.75) is 52.1 Å². The van der Waals surface area contributed by atoms with Gasteiger partial charge < -0.3 is 15.0 Å². The van der Waals surface area contributed by atoms with Gasteiger partial charge in [-0.3, -0.25) is 0 Å². The van der Waals surface area contributed by atoms with Gasteiger partial charge in [-0.1, -0.05) is 24.3 Å². The van der Waals surface area contributed by atoms with Crippen LogP contribution in [0.5, 0.6) is 0 Å². The molecule has 0 saturated carbocycles. The minimum absolute atomic E-state index is 0.141. The Kier molecular flexibility index (Phi) is 5.41. The highest BCUT2D eigenvalue weighted by molar-refractivity contribution is 6.01. The first-order valence-corrected chi connectivity index (χ1v) is 9.19. The summed E-state index contributed by atoms with van der Waals surface area (Å²) in [6.45, 7) is 7.32. The fourth-order valence-electron chi connectivity index (χ4n) is 3.50. The molecule has 5 nitrogen and oxygen atoms in total. The van der Waals surface area contributed by atoms with E-state index in [4.69, 9.17) is 9.72 Å². The van der Waals surface area contributed by atoms with Gasteiger partial charge in [0, 0.05) is 23.4 Å². The first-order chi connectivity index (χ1) is 12.1. The van der Waals surface area contributed by atoms with Gasteiger partial charge in [-0.15, -0.1) is 0 Å². The molecular weight excluding hydrogens is 314 g/mol. The number of hydrogen-bond donors (Lipinski definition) is 1. The molecule has 0 spiro atoms. The number of aromatic nitrogens is 1. The fourth-order valence-corrected chi connectivity index (χ4v) is 3.50. The largest absolute Gasteiger partial charge is 0.464 e. The molecule has 0 aliphatic carbocycles. The Morgan fingerprint density at radius 2 is 2.08 bits per heavy atom. The number of fused-ring (bicyclic) bond motifs is 1. The number of esters is 1. The maximum atomic E-state index is 12.4. The molecule has 25 heavy (non-hydrogen) atoms. The van der Waals surface area contributed by atoms with Crippen LogP contribution in [-0.2, 0) is 9.53 Å². The number of ether oxygens (including phenoxy) is 1. The van der Waals surface area contributed by atoms with Crippen LogP contribution in [0.1, 0.15) is 40.0 Å². The summed E-state index contributed by atoms with van der Waals surface area (Å²) in [6, 6.07) is 8.34. The van der Waals surface area contributed by atoms with Crippen molar-refractivity contribution in [2.24, 2.45) is 0 Å². The molecule has 3 rings (SSSR count). The zero-order valence-electron chi connectivity index (χ0n) is 15.3. The lowest BCUT2D eigenvalue weighted by atomic mass is 10.0. The van der Waals surface area contributed by atoms with Crippen LogP contribution in [0.15, 0.2) is 30.5 Å². The molecule has 1 saturated heterocycles. The van der Waals surface area contributed by atoms with Gasteiger partial charge in [0.1, 0.15) is 11.9 Å². The van der Waals surface area contributed by atoms with E-state index in [1.807, 2.05) is 25.3 Å². The maximum absolute atomic E-state index is 12.4. The Labute approximate surface area is 149 Å². The highest BCUT2D eigenvalue weighted by Gasteiger charge is 2.31. The van der Waals surface area contributed by atoms with Crippen molar-refractivity contribution < 1.29 is 9.53 Å². The minimum Gasteiger partial charge on any atom is -0.464 e. The molecule has 1 aliphatic rings. The monoisotopic (exact) mass is 341 g/mol. The van der Waals surface area contributed by atoms with E-state index >= 15 is 0 Å². The van der Waals surface area contributed by atoms with Crippen LogP contribution in [0.2, 0.25) is 0 Å². The average molecular weight is 341 g/mol. The Bertz CT molecular complexity index is 745. The minimum atomic E-state index is -0.242. The van der Waals surface area contributed by atoms with E-state index in [0.29, 0.717) is 12.6 Å². The molecule has 2 heterocycles. The van der Waals surface area contributed by atoms with Gasteiger partial charge in [0.25, 0.3) is 0 Å². The van der Waals surface area contributed by atoms with Crippen LogP contribution < -0.4 is 10.2 Å². The van der Waals surface area contributed by atoms with E-state index in [1.54, 1.807) is 0 Å². The zero-order valence-corrected chi connectivity index (χ0v) is 15.3. The smallest absolute Gasteiger partial charge is 0.328 e. The molecule has 1 aromatic carbocycles. The summed E-state index contributed by atoms with van der Waals surface area (Å²) in [5, 5.41) is 5.67. The number of benzene rings is 1. The topological polar surface area (TPSA) is 54.5 Å². The van der Waals surface area contributed by atoms with E-state index in [2.05, 4.69) is 36.2 Å². The molecule has 134 valence electrons. The fraction of sp³-hybridized carbons (Fsp3) is 0.500. The number of carbonyl (C=O) groups excluding carboxylic acids is 1. The van der Waals surface area contributed by atoms with Crippen LogP contribution in [0.4, 0.5) is 11.5 Å². The maximum Gasteiger partial charge on any atom is 0.328 e. The van der Waals surface area contributed by atoms with Crippen molar-refractivity contribution in [3.63, 3.8) is 0 Å². The molecule has 2 aromatic rings. The summed E-state index contributed by atoms with van der Waals surface area (Å²) in [5.74, 6) is 0.736. The number of anilines is 2. The number of carbonyl (C=O) groups is 1. The second-order valence-corrected chi connectivity index (χ2v) is 6.80. The van der Waals surface area contributed by atoms with Crippen LogP contribution in [0, 0.1) is 0 Å². The van der Waals surface area contributed by atoms with Gasteiger partial charge in [0.15, 0.2) is 0 Å². The SMILES string of the molecule is CCOC(=O)C1CCCCN1c1ncc(NC(C)C)c2ccccc12. The van der Waals surface area contributed by atoms with Gasteiger partial charge in [0.05, 0.1) is 18.5 Å². The molecule has 1 N–H and O–H groups in total. The number of hydrogen-bond acceptors (Lipinski definition) is 5. The molecule has 1 aromatic heterocycles. The molecular formula is C20H27N3O2. The molecule has 1 aliphatic heterocycles. The van der Waals surface area contributed by atoms with Crippen LogP contribution >= 0.6 is 0 Å². The predicted molar refractivity (Wildman–Crippen MR) is 102 cm³/mol. The number of nitrogens with zero attached hydrogens (tertiary/aromatic N) is 2. The van der Waals surface area contributed by atoms with Crippen molar-refractivity contribution in [2.75, 3.05) is 23.4 Å². The molecule has 1 atom stereocenters. The van der Waals surface area contributed by atoms with Gasteiger partial charge in [-0.25, -0.2) is 9.78 Å². The normalized spacial score (nSPS) is 17.8. The lowest BCUT2D eigenvalue weighted by Crippen LogP contribution is -2.46. The van der Waals surface area contributed by atoms with E-state index < -0.39 is 0 Å². The first-order valence-electron chi connectivity index (χ1n) is 9.19. The summed E-state index contributed by atoms with van der Waals surface area (Å²) in [7, 11) is 0. The van der Waals surface area contributed by atoms with Gasteiger partial charge in [0.2, 0.25) is 0 Å². The third-order valence-corrected chi connectivity index (χ3v) is 4.55. The second-order valence-electron chi connectivity index (χ2n) is 6.80. The highest BCUT2D eigenvalue weighted by atomic mass is 16.5. The van der Waals surface area contributed by atoms with E-state index in [0.717, 1.165) is 48.1 Å². The summed E-state index contributed by atoms with van der Waals surface area (Å²) >= 11 is 0. The lowest BCUT2D eigenvalue weighted by Gasteiger charge is -2.35. The Morgan fingerprint density at radius 3 is 2.80 bits per heavy atom. The molecule has 1 unspecified atom stereocenters. The van der Waals surface area contributed by atoms with Crippen LogP contribution in [0.25, 0.3) is 10.8 Å². The number of nitrogens with one attached hydrogen (secondary N) is 1. The quantitative estimate of drug-likeness (QED) is 0.834. The van der Waals surface area contributed by atoms with Crippen molar-refractivity contribution in [3.8, 4) is 0 Å². The molecule has 0 radical (unpaired) electrons. The second kappa shape index (κ2) is 7.72. The van der Waals surface area contributed by atoms with E-state index in [9.17, 15) is 4.79 Å². The summed E-state index contributed by atoms with van der Waals surface area (Å²) in [4.78, 5) is 19.3. The molecule has 0 bridgehead atoms. The zero-order chi connectivity index (χ0) is 17.8.